The van der Waals surface area contributed by atoms with Crippen LogP contribution in [0, 0.1) is 13.8 Å². The summed E-state index contributed by atoms with van der Waals surface area (Å²) in [5.74, 6) is -0.910. The zero-order chi connectivity index (χ0) is 13.6. The Morgan fingerprint density at radius 2 is 1.79 bits per heavy atom. The van der Waals surface area contributed by atoms with E-state index in [1.54, 1.807) is 13.0 Å². The van der Waals surface area contributed by atoms with Crippen molar-refractivity contribution in [1.29, 1.82) is 0 Å². The number of fused-ring (bicyclic) bond motifs is 1. The lowest BCUT2D eigenvalue weighted by atomic mass is 10.2. The molecule has 0 aliphatic rings. The number of carboxylic acids is 1. The lowest BCUT2D eigenvalue weighted by Crippen LogP contribution is -1.95. The summed E-state index contributed by atoms with van der Waals surface area (Å²) < 4.78 is 0. The van der Waals surface area contributed by atoms with Crippen LogP contribution < -0.4 is 0 Å². The Balaban J connectivity index is 2.13. The van der Waals surface area contributed by atoms with Crippen molar-refractivity contribution in [1.82, 2.24) is 9.97 Å². The summed E-state index contributed by atoms with van der Waals surface area (Å²) in [6, 6.07) is 9.87. The van der Waals surface area contributed by atoms with Crippen LogP contribution in [-0.2, 0) is 0 Å². The maximum absolute atomic E-state index is 11.1. The van der Waals surface area contributed by atoms with Crippen LogP contribution in [0.25, 0.3) is 22.3 Å². The van der Waals surface area contributed by atoms with Gasteiger partial charge >= 0.3 is 5.97 Å². The summed E-state index contributed by atoms with van der Waals surface area (Å²) in [5.41, 5.74) is 4.91. The molecule has 0 radical (unpaired) electrons. The summed E-state index contributed by atoms with van der Waals surface area (Å²) in [6.07, 6.45) is 0. The number of hydrogen-bond acceptors (Lipinski definition) is 1. The van der Waals surface area contributed by atoms with Crippen molar-refractivity contribution in [3.8, 4) is 11.4 Å². The van der Waals surface area contributed by atoms with Crippen molar-refractivity contribution in [3.05, 3.63) is 47.2 Å². The van der Waals surface area contributed by atoms with Crippen molar-refractivity contribution in [2.45, 2.75) is 13.8 Å². The first-order valence-electron chi connectivity index (χ1n) is 6.07. The van der Waals surface area contributed by atoms with Crippen molar-refractivity contribution >= 4 is 16.9 Å². The molecule has 0 atom stereocenters. The van der Waals surface area contributed by atoms with Gasteiger partial charge in [-0.1, -0.05) is 12.1 Å². The van der Waals surface area contributed by atoms with Gasteiger partial charge in [-0.25, -0.2) is 4.79 Å². The van der Waals surface area contributed by atoms with Crippen molar-refractivity contribution in [2.75, 3.05) is 0 Å². The van der Waals surface area contributed by atoms with E-state index in [4.69, 9.17) is 5.11 Å². The number of H-pyrrole nitrogens is 2. The molecule has 19 heavy (non-hydrogen) atoms. The fourth-order valence-electron chi connectivity index (χ4n) is 2.31. The Labute approximate surface area is 110 Å². The van der Waals surface area contributed by atoms with Gasteiger partial charge in [0, 0.05) is 16.6 Å². The van der Waals surface area contributed by atoms with Crippen molar-refractivity contribution in [2.24, 2.45) is 0 Å². The van der Waals surface area contributed by atoms with E-state index in [-0.39, 0.29) is 0 Å². The van der Waals surface area contributed by atoms with Crippen LogP contribution in [0.3, 0.4) is 0 Å². The van der Waals surface area contributed by atoms with E-state index in [1.807, 2.05) is 13.0 Å². The van der Waals surface area contributed by atoms with Crippen LogP contribution in [-0.4, -0.2) is 21.0 Å². The number of hydrogen-bond donors (Lipinski definition) is 3. The van der Waals surface area contributed by atoms with Gasteiger partial charge in [0.25, 0.3) is 0 Å². The zero-order valence-electron chi connectivity index (χ0n) is 10.7. The maximum atomic E-state index is 11.1. The molecule has 3 aromatic rings. The van der Waals surface area contributed by atoms with Gasteiger partial charge in [-0.05, 0) is 37.6 Å². The lowest BCUT2D eigenvalue weighted by molar-refractivity contribution is 0.0696. The average Bonchev–Trinajstić information content (AvgIpc) is 2.91. The van der Waals surface area contributed by atoms with Crippen molar-refractivity contribution < 1.29 is 9.90 Å². The topological polar surface area (TPSA) is 68.9 Å². The van der Waals surface area contributed by atoms with Crippen LogP contribution in [0.2, 0.25) is 0 Å². The van der Waals surface area contributed by atoms with E-state index < -0.39 is 5.97 Å². The Hall–Kier alpha value is -2.49. The Morgan fingerprint density at radius 3 is 2.47 bits per heavy atom. The maximum Gasteiger partial charge on any atom is 0.337 e. The molecule has 0 bridgehead atoms. The van der Waals surface area contributed by atoms with E-state index >= 15 is 0 Å². The Kier molecular flexibility index (Phi) is 2.45. The Morgan fingerprint density at radius 1 is 1.05 bits per heavy atom. The van der Waals surface area contributed by atoms with E-state index in [9.17, 15) is 4.79 Å². The highest BCUT2D eigenvalue weighted by molar-refractivity contribution is 5.92. The van der Waals surface area contributed by atoms with Crippen molar-refractivity contribution in [3.63, 3.8) is 0 Å². The summed E-state index contributed by atoms with van der Waals surface area (Å²) in [4.78, 5) is 17.5. The minimum Gasteiger partial charge on any atom is -0.478 e. The molecule has 96 valence electrons. The number of aromatic nitrogens is 2. The zero-order valence-corrected chi connectivity index (χ0v) is 10.7. The van der Waals surface area contributed by atoms with E-state index in [1.165, 1.54) is 5.56 Å². The van der Waals surface area contributed by atoms with Gasteiger partial charge in [0.05, 0.1) is 17.0 Å². The molecule has 0 spiro atoms. The lowest BCUT2D eigenvalue weighted by Gasteiger charge is -1.92. The standard InChI is InChI=1S/C15H14N2O2/c1-8-3-4-10-6-13(17-12(10)5-8)14-7-11(15(18)19)9(2)16-14/h3-7,16-17H,1-2H3,(H,18,19). The molecule has 2 aromatic heterocycles. The summed E-state index contributed by atoms with van der Waals surface area (Å²) in [7, 11) is 0. The molecule has 0 aliphatic carbocycles. The first-order valence-corrected chi connectivity index (χ1v) is 6.07. The molecule has 2 heterocycles. The van der Waals surface area contributed by atoms with E-state index in [2.05, 4.69) is 28.2 Å². The number of benzene rings is 1. The van der Waals surface area contributed by atoms with Crippen LogP contribution in [0.1, 0.15) is 21.6 Å². The number of nitrogens with one attached hydrogen (secondary N) is 2. The molecule has 0 unspecified atom stereocenters. The Bertz CT molecular complexity index is 781. The van der Waals surface area contributed by atoms with Crippen LogP contribution in [0.15, 0.2) is 30.3 Å². The molecule has 4 nitrogen and oxygen atoms in total. The number of aryl methyl sites for hydroxylation is 2. The second kappa shape index (κ2) is 4.02. The molecule has 4 heteroatoms. The predicted molar refractivity (Wildman–Crippen MR) is 74.5 cm³/mol. The molecular formula is C15H14N2O2. The highest BCUT2D eigenvalue weighted by Gasteiger charge is 2.13. The highest BCUT2D eigenvalue weighted by atomic mass is 16.4. The third-order valence-electron chi connectivity index (χ3n) is 3.31. The monoisotopic (exact) mass is 254 g/mol. The molecule has 3 N–H and O–H groups in total. The first kappa shape index (κ1) is 11.6. The third kappa shape index (κ3) is 1.91. The van der Waals surface area contributed by atoms with E-state index in [0.29, 0.717) is 11.3 Å². The molecule has 0 amide bonds. The van der Waals surface area contributed by atoms with Gasteiger partial charge in [-0.15, -0.1) is 0 Å². The average molecular weight is 254 g/mol. The predicted octanol–water partition coefficient (Wildman–Crippen LogP) is 3.48. The number of rotatable bonds is 2. The van der Waals surface area contributed by atoms with Crippen LogP contribution in [0.4, 0.5) is 0 Å². The smallest absolute Gasteiger partial charge is 0.337 e. The number of aromatic amines is 2. The summed E-state index contributed by atoms with van der Waals surface area (Å²) in [5, 5.41) is 10.2. The molecule has 0 aliphatic heterocycles. The van der Waals surface area contributed by atoms with Gasteiger partial charge in [0.1, 0.15) is 0 Å². The highest BCUT2D eigenvalue weighted by Crippen LogP contribution is 2.26. The number of aromatic carboxylic acids is 1. The van der Waals surface area contributed by atoms with E-state index in [0.717, 1.165) is 22.3 Å². The SMILES string of the molecule is Cc1ccc2cc(-c3cc(C(=O)O)c(C)[nH]3)[nH]c2c1. The fourth-order valence-corrected chi connectivity index (χ4v) is 2.31. The number of carboxylic acid groups (broad SMARTS) is 1. The second-order valence-corrected chi connectivity index (χ2v) is 4.80. The van der Waals surface area contributed by atoms with Gasteiger partial charge in [0.15, 0.2) is 0 Å². The molecular weight excluding hydrogens is 240 g/mol. The normalized spacial score (nSPS) is 11.1. The van der Waals surface area contributed by atoms with Gasteiger partial charge < -0.3 is 15.1 Å². The second-order valence-electron chi connectivity index (χ2n) is 4.80. The summed E-state index contributed by atoms with van der Waals surface area (Å²) in [6.45, 7) is 3.81. The fraction of sp³-hybridized carbons (Fsp3) is 0.133. The van der Waals surface area contributed by atoms with Crippen LogP contribution in [0.5, 0.6) is 0 Å². The van der Waals surface area contributed by atoms with Gasteiger partial charge in [-0.2, -0.15) is 0 Å². The molecule has 3 rings (SSSR count). The molecule has 0 saturated heterocycles. The van der Waals surface area contributed by atoms with Crippen LogP contribution >= 0.6 is 0 Å². The largest absolute Gasteiger partial charge is 0.478 e. The third-order valence-corrected chi connectivity index (χ3v) is 3.31. The molecule has 0 fully saturated rings. The van der Waals surface area contributed by atoms with Gasteiger partial charge in [0.2, 0.25) is 0 Å². The quantitative estimate of drug-likeness (QED) is 0.655. The molecule has 1 aromatic carbocycles. The molecule has 0 saturated carbocycles. The summed E-state index contributed by atoms with van der Waals surface area (Å²) >= 11 is 0. The first-order chi connectivity index (χ1) is 9.04. The minimum atomic E-state index is -0.910. The van der Waals surface area contributed by atoms with Gasteiger partial charge in [-0.3, -0.25) is 0 Å². The minimum absolute atomic E-state index is 0.310. The number of carbonyl (C=O) groups is 1.